The molecule has 2 heterocycles. The quantitative estimate of drug-likeness (QED) is 0.859. The van der Waals surface area contributed by atoms with Crippen molar-refractivity contribution in [3.63, 3.8) is 0 Å². The van der Waals surface area contributed by atoms with Crippen molar-refractivity contribution in [3.8, 4) is 11.1 Å². The topological polar surface area (TPSA) is 41.6 Å². The van der Waals surface area contributed by atoms with Crippen LogP contribution in [-0.4, -0.2) is 42.8 Å². The van der Waals surface area contributed by atoms with E-state index < -0.39 is 0 Å². The van der Waals surface area contributed by atoms with Gasteiger partial charge in [0.05, 0.1) is 0 Å². The van der Waals surface area contributed by atoms with Gasteiger partial charge in [-0.25, -0.2) is 4.79 Å². The normalized spacial score (nSPS) is 23.4. The van der Waals surface area contributed by atoms with Gasteiger partial charge in [0.25, 0.3) is 0 Å². The summed E-state index contributed by atoms with van der Waals surface area (Å²) in [5.41, 5.74) is 5.00. The Labute approximate surface area is 147 Å². The van der Waals surface area contributed by atoms with E-state index in [-0.39, 0.29) is 24.1 Å². The van der Waals surface area contributed by atoms with E-state index in [9.17, 15) is 4.79 Å². The van der Waals surface area contributed by atoms with Crippen LogP contribution in [0.3, 0.4) is 0 Å². The van der Waals surface area contributed by atoms with Crippen LogP contribution in [0.2, 0.25) is 0 Å². The van der Waals surface area contributed by atoms with E-state index in [1.54, 1.807) is 0 Å². The summed E-state index contributed by atoms with van der Waals surface area (Å²) in [6.07, 6.45) is 4.07. The summed E-state index contributed by atoms with van der Waals surface area (Å²) < 4.78 is 5.74. The van der Waals surface area contributed by atoms with E-state index in [1.807, 2.05) is 4.90 Å². The summed E-state index contributed by atoms with van der Waals surface area (Å²) in [6, 6.07) is 17.3. The van der Waals surface area contributed by atoms with Crippen molar-refractivity contribution in [3.05, 3.63) is 71.8 Å². The van der Waals surface area contributed by atoms with Crippen molar-refractivity contribution >= 4 is 6.09 Å². The highest BCUT2D eigenvalue weighted by Gasteiger charge is 2.33. The standard InChI is InChI=1S/C21H20N2O2/c24-21(23-11-14-9-10-15(12-23)22-14)25-13-20-18-7-3-1-5-16(18)17-6-2-4-8-19(17)20/h1-10,14-15,20,22H,11-13H2. The lowest BCUT2D eigenvalue weighted by atomic mass is 9.98. The molecule has 2 aromatic rings. The third-order valence-electron chi connectivity index (χ3n) is 5.43. The Hall–Kier alpha value is -2.59. The van der Waals surface area contributed by atoms with Gasteiger partial charge in [-0.15, -0.1) is 0 Å². The van der Waals surface area contributed by atoms with Crippen LogP contribution in [0, 0.1) is 0 Å². The molecule has 2 aromatic carbocycles. The summed E-state index contributed by atoms with van der Waals surface area (Å²) in [5, 5.41) is 3.44. The van der Waals surface area contributed by atoms with Gasteiger partial charge in [0.1, 0.15) is 6.61 Å². The molecule has 4 heteroatoms. The average molecular weight is 332 g/mol. The lowest BCUT2D eigenvalue weighted by Gasteiger charge is -2.32. The maximum Gasteiger partial charge on any atom is 0.409 e. The molecule has 0 spiro atoms. The number of hydrogen-bond acceptors (Lipinski definition) is 3. The first-order valence-corrected chi connectivity index (χ1v) is 8.84. The molecule has 2 unspecified atom stereocenters. The molecule has 126 valence electrons. The number of nitrogens with zero attached hydrogens (tertiary/aromatic N) is 1. The van der Waals surface area contributed by atoms with Crippen LogP contribution in [0.5, 0.6) is 0 Å². The summed E-state index contributed by atoms with van der Waals surface area (Å²) in [7, 11) is 0. The maximum absolute atomic E-state index is 12.5. The monoisotopic (exact) mass is 332 g/mol. The van der Waals surface area contributed by atoms with E-state index in [1.165, 1.54) is 22.3 Å². The van der Waals surface area contributed by atoms with E-state index in [2.05, 4.69) is 66.0 Å². The van der Waals surface area contributed by atoms with E-state index >= 15 is 0 Å². The minimum atomic E-state index is -0.206. The summed E-state index contributed by atoms with van der Waals surface area (Å²) in [4.78, 5) is 14.4. The molecule has 25 heavy (non-hydrogen) atoms. The number of fused-ring (bicyclic) bond motifs is 5. The minimum Gasteiger partial charge on any atom is -0.448 e. The Morgan fingerprint density at radius 1 is 0.960 bits per heavy atom. The van der Waals surface area contributed by atoms with Crippen LogP contribution in [0.4, 0.5) is 4.79 Å². The Bertz CT molecular complexity index is 801. The third-order valence-corrected chi connectivity index (χ3v) is 5.43. The first-order chi connectivity index (χ1) is 12.3. The minimum absolute atomic E-state index is 0.120. The number of nitrogens with one attached hydrogen (secondary N) is 1. The Kier molecular flexibility index (Phi) is 3.38. The average Bonchev–Trinajstić information content (AvgIpc) is 3.16. The number of amides is 1. The molecule has 2 bridgehead atoms. The van der Waals surface area contributed by atoms with Crippen LogP contribution in [-0.2, 0) is 4.74 Å². The fourth-order valence-corrected chi connectivity index (χ4v) is 4.27. The van der Waals surface area contributed by atoms with Crippen LogP contribution >= 0.6 is 0 Å². The van der Waals surface area contributed by atoms with Crippen molar-refractivity contribution in [2.75, 3.05) is 19.7 Å². The smallest absolute Gasteiger partial charge is 0.409 e. The zero-order valence-corrected chi connectivity index (χ0v) is 13.9. The molecular formula is C21H20N2O2. The first-order valence-electron chi connectivity index (χ1n) is 8.84. The summed E-state index contributed by atoms with van der Waals surface area (Å²) in [5.74, 6) is 0.120. The van der Waals surface area contributed by atoms with Crippen LogP contribution in [0.1, 0.15) is 17.0 Å². The fraction of sp³-hybridized carbons (Fsp3) is 0.286. The molecule has 0 radical (unpaired) electrons. The Morgan fingerprint density at radius 3 is 2.12 bits per heavy atom. The van der Waals surface area contributed by atoms with E-state index in [0.29, 0.717) is 19.7 Å². The van der Waals surface area contributed by atoms with Gasteiger partial charge in [0, 0.05) is 31.1 Å². The van der Waals surface area contributed by atoms with Crippen molar-refractivity contribution in [2.24, 2.45) is 0 Å². The van der Waals surface area contributed by atoms with Crippen molar-refractivity contribution in [1.82, 2.24) is 10.2 Å². The highest BCUT2D eigenvalue weighted by Crippen LogP contribution is 2.44. The molecule has 4 nitrogen and oxygen atoms in total. The van der Waals surface area contributed by atoms with Crippen LogP contribution < -0.4 is 5.32 Å². The Balaban J connectivity index is 1.34. The zero-order valence-electron chi connectivity index (χ0n) is 13.9. The SMILES string of the molecule is O=C(OCC1c2ccccc2-c2ccccc21)N1CC2C=CC(C1)N2. The fourth-order valence-electron chi connectivity index (χ4n) is 4.27. The van der Waals surface area contributed by atoms with Gasteiger partial charge < -0.3 is 15.0 Å². The van der Waals surface area contributed by atoms with Gasteiger partial charge in [-0.2, -0.15) is 0 Å². The highest BCUT2D eigenvalue weighted by atomic mass is 16.6. The second-order valence-corrected chi connectivity index (χ2v) is 6.97. The molecule has 0 aromatic heterocycles. The van der Waals surface area contributed by atoms with Gasteiger partial charge in [-0.1, -0.05) is 60.7 Å². The number of rotatable bonds is 2. The van der Waals surface area contributed by atoms with Crippen LogP contribution in [0.25, 0.3) is 11.1 Å². The number of carbonyl (C=O) groups is 1. The van der Waals surface area contributed by atoms with Crippen LogP contribution in [0.15, 0.2) is 60.7 Å². The number of hydrogen-bond donors (Lipinski definition) is 1. The molecule has 1 fully saturated rings. The predicted octanol–water partition coefficient (Wildman–Crippen LogP) is 3.15. The van der Waals surface area contributed by atoms with Crippen molar-refractivity contribution in [2.45, 2.75) is 18.0 Å². The largest absolute Gasteiger partial charge is 0.448 e. The van der Waals surface area contributed by atoms with Gasteiger partial charge in [-0.3, -0.25) is 0 Å². The molecular weight excluding hydrogens is 312 g/mol. The first kappa shape index (κ1) is 14.7. The maximum atomic E-state index is 12.5. The molecule has 1 amide bonds. The zero-order chi connectivity index (χ0) is 16.8. The highest BCUT2D eigenvalue weighted by molar-refractivity contribution is 5.79. The number of piperazine rings is 1. The second kappa shape index (κ2) is 5.74. The number of ether oxygens (including phenoxy) is 1. The van der Waals surface area contributed by atoms with Crippen molar-refractivity contribution < 1.29 is 9.53 Å². The molecule has 3 aliphatic rings. The predicted molar refractivity (Wildman–Crippen MR) is 96.5 cm³/mol. The van der Waals surface area contributed by atoms with E-state index in [0.717, 1.165) is 0 Å². The summed E-state index contributed by atoms with van der Waals surface area (Å²) in [6.45, 7) is 1.76. The van der Waals surface area contributed by atoms with Gasteiger partial charge >= 0.3 is 6.09 Å². The molecule has 5 rings (SSSR count). The Morgan fingerprint density at radius 2 is 1.52 bits per heavy atom. The molecule has 0 saturated carbocycles. The molecule has 2 atom stereocenters. The molecule has 1 aliphatic carbocycles. The lowest BCUT2D eigenvalue weighted by molar-refractivity contribution is 0.0889. The van der Waals surface area contributed by atoms with Crippen molar-refractivity contribution in [1.29, 1.82) is 0 Å². The van der Waals surface area contributed by atoms with Gasteiger partial charge in [-0.05, 0) is 22.3 Å². The molecule has 2 aliphatic heterocycles. The molecule has 1 saturated heterocycles. The number of benzene rings is 2. The van der Waals surface area contributed by atoms with Gasteiger partial charge in [0.2, 0.25) is 0 Å². The second-order valence-electron chi connectivity index (χ2n) is 6.97. The number of carbonyl (C=O) groups excluding carboxylic acids is 1. The lowest BCUT2D eigenvalue weighted by Crippen LogP contribution is -2.53. The van der Waals surface area contributed by atoms with Gasteiger partial charge in [0.15, 0.2) is 0 Å². The van der Waals surface area contributed by atoms with E-state index in [4.69, 9.17) is 4.74 Å². The third kappa shape index (κ3) is 2.45. The molecule has 1 N–H and O–H groups in total. The summed E-state index contributed by atoms with van der Waals surface area (Å²) >= 11 is 0.